The highest BCUT2D eigenvalue weighted by molar-refractivity contribution is 5.80. The van der Waals surface area contributed by atoms with Gasteiger partial charge in [0.05, 0.1) is 0 Å². The molecule has 0 fully saturated rings. The van der Waals surface area contributed by atoms with Crippen LogP contribution >= 0.6 is 0 Å². The summed E-state index contributed by atoms with van der Waals surface area (Å²) in [5.74, 6) is 1.80. The summed E-state index contributed by atoms with van der Waals surface area (Å²) in [7, 11) is 1.59. The van der Waals surface area contributed by atoms with Crippen molar-refractivity contribution in [1.82, 2.24) is 10.6 Å². The van der Waals surface area contributed by atoms with Gasteiger partial charge in [-0.05, 0) is 13.0 Å². The summed E-state index contributed by atoms with van der Waals surface area (Å²) < 4.78 is 16.5. The molecule has 1 heterocycles. The Morgan fingerprint density at radius 1 is 1.29 bits per heavy atom. The van der Waals surface area contributed by atoms with E-state index >= 15 is 0 Å². The Morgan fingerprint density at radius 3 is 2.57 bits per heavy atom. The minimum atomic E-state index is -0.576. The normalized spacial score (nSPS) is 14.1. The second kappa shape index (κ2) is 6.67. The molecule has 0 spiro atoms. The van der Waals surface area contributed by atoms with Crippen LogP contribution in [0.4, 0.5) is 0 Å². The molecule has 1 atom stereocenters. The lowest BCUT2D eigenvalue weighted by Crippen LogP contribution is -2.34. The summed E-state index contributed by atoms with van der Waals surface area (Å²) in [5.41, 5.74) is 0.934. The van der Waals surface area contributed by atoms with E-state index in [0.717, 1.165) is 5.56 Å². The maximum atomic E-state index is 11.6. The third-order valence-corrected chi connectivity index (χ3v) is 3.18. The summed E-state index contributed by atoms with van der Waals surface area (Å²) in [5, 5.41) is 5.90. The predicted molar refractivity (Wildman–Crippen MR) is 78.7 cm³/mol. The van der Waals surface area contributed by atoms with Crippen LogP contribution in [0.25, 0.3) is 0 Å². The van der Waals surface area contributed by atoms with Crippen LogP contribution in [-0.2, 0) is 11.3 Å². The molecule has 116 valence electrons. The standard InChI is InChI=1S/C15H22N2O4/c1-9(2)17-7-11-5-13-14(20-8-19-13)6-12(11)21-10(3)15(18)16-4/h5-6,9-10,17H,7-8H2,1-4H3,(H,16,18). The molecule has 0 bridgehead atoms. The van der Waals surface area contributed by atoms with E-state index in [0.29, 0.717) is 29.8 Å². The zero-order valence-corrected chi connectivity index (χ0v) is 12.9. The van der Waals surface area contributed by atoms with Crippen molar-refractivity contribution in [2.24, 2.45) is 0 Å². The molecule has 1 amide bonds. The third-order valence-electron chi connectivity index (χ3n) is 3.18. The number of nitrogens with one attached hydrogen (secondary N) is 2. The van der Waals surface area contributed by atoms with E-state index in [-0.39, 0.29) is 12.7 Å². The highest BCUT2D eigenvalue weighted by Gasteiger charge is 2.21. The van der Waals surface area contributed by atoms with Crippen LogP contribution in [0.3, 0.4) is 0 Å². The SMILES string of the molecule is CNC(=O)C(C)Oc1cc2c(cc1CNC(C)C)OCO2. The first-order valence-electron chi connectivity index (χ1n) is 7.05. The fourth-order valence-corrected chi connectivity index (χ4v) is 1.97. The van der Waals surface area contributed by atoms with Crippen LogP contribution in [-0.4, -0.2) is 31.9 Å². The Balaban J connectivity index is 2.22. The maximum Gasteiger partial charge on any atom is 0.260 e. The van der Waals surface area contributed by atoms with Crippen molar-refractivity contribution in [2.45, 2.75) is 39.5 Å². The highest BCUT2D eigenvalue weighted by Crippen LogP contribution is 2.38. The zero-order chi connectivity index (χ0) is 15.4. The zero-order valence-electron chi connectivity index (χ0n) is 12.9. The molecular formula is C15H22N2O4. The van der Waals surface area contributed by atoms with Crippen LogP contribution in [0.15, 0.2) is 12.1 Å². The van der Waals surface area contributed by atoms with Crippen molar-refractivity contribution in [3.05, 3.63) is 17.7 Å². The second-order valence-electron chi connectivity index (χ2n) is 5.22. The summed E-state index contributed by atoms with van der Waals surface area (Å²) >= 11 is 0. The average molecular weight is 294 g/mol. The number of amides is 1. The Kier molecular flexibility index (Phi) is 4.90. The van der Waals surface area contributed by atoms with Gasteiger partial charge in [0.1, 0.15) is 5.75 Å². The molecule has 1 aromatic carbocycles. The van der Waals surface area contributed by atoms with Crippen molar-refractivity contribution in [3.8, 4) is 17.2 Å². The van der Waals surface area contributed by atoms with Crippen molar-refractivity contribution < 1.29 is 19.0 Å². The quantitative estimate of drug-likeness (QED) is 0.830. The molecule has 0 aromatic heterocycles. The molecule has 0 aliphatic carbocycles. The van der Waals surface area contributed by atoms with Gasteiger partial charge in [-0.2, -0.15) is 0 Å². The Bertz CT molecular complexity index is 517. The fourth-order valence-electron chi connectivity index (χ4n) is 1.97. The van der Waals surface area contributed by atoms with Gasteiger partial charge in [-0.25, -0.2) is 0 Å². The summed E-state index contributed by atoms with van der Waals surface area (Å²) in [4.78, 5) is 11.6. The lowest BCUT2D eigenvalue weighted by Gasteiger charge is -2.18. The number of hydrogen-bond acceptors (Lipinski definition) is 5. The van der Waals surface area contributed by atoms with E-state index in [1.54, 1.807) is 20.0 Å². The molecule has 21 heavy (non-hydrogen) atoms. The van der Waals surface area contributed by atoms with Crippen molar-refractivity contribution in [1.29, 1.82) is 0 Å². The Labute approximate surface area is 124 Å². The first kappa shape index (κ1) is 15.4. The van der Waals surface area contributed by atoms with Gasteiger partial charge in [-0.3, -0.25) is 4.79 Å². The van der Waals surface area contributed by atoms with Crippen LogP contribution in [0.2, 0.25) is 0 Å². The third kappa shape index (κ3) is 3.78. The fraction of sp³-hybridized carbons (Fsp3) is 0.533. The second-order valence-corrected chi connectivity index (χ2v) is 5.22. The summed E-state index contributed by atoms with van der Waals surface area (Å²) in [6.45, 7) is 6.69. The van der Waals surface area contributed by atoms with E-state index in [1.807, 2.05) is 6.07 Å². The lowest BCUT2D eigenvalue weighted by molar-refractivity contribution is -0.126. The number of hydrogen-bond donors (Lipinski definition) is 2. The van der Waals surface area contributed by atoms with Gasteiger partial charge in [0.15, 0.2) is 17.6 Å². The largest absolute Gasteiger partial charge is 0.480 e. The van der Waals surface area contributed by atoms with Crippen LogP contribution in [0.5, 0.6) is 17.2 Å². The molecule has 1 unspecified atom stereocenters. The van der Waals surface area contributed by atoms with Gasteiger partial charge < -0.3 is 24.8 Å². The van der Waals surface area contributed by atoms with E-state index in [2.05, 4.69) is 24.5 Å². The maximum absolute atomic E-state index is 11.6. The molecular weight excluding hydrogens is 272 g/mol. The average Bonchev–Trinajstić information content (AvgIpc) is 2.90. The molecule has 1 aromatic rings. The van der Waals surface area contributed by atoms with Crippen molar-refractivity contribution >= 4 is 5.91 Å². The van der Waals surface area contributed by atoms with Crippen molar-refractivity contribution in [3.63, 3.8) is 0 Å². The van der Waals surface area contributed by atoms with Gasteiger partial charge in [-0.15, -0.1) is 0 Å². The lowest BCUT2D eigenvalue weighted by atomic mass is 10.1. The smallest absolute Gasteiger partial charge is 0.260 e. The van der Waals surface area contributed by atoms with Gasteiger partial charge in [-0.1, -0.05) is 13.8 Å². The molecule has 6 nitrogen and oxygen atoms in total. The highest BCUT2D eigenvalue weighted by atomic mass is 16.7. The van der Waals surface area contributed by atoms with E-state index < -0.39 is 6.10 Å². The van der Waals surface area contributed by atoms with E-state index in [1.165, 1.54) is 0 Å². The first-order chi connectivity index (χ1) is 10.0. The molecule has 6 heteroatoms. The van der Waals surface area contributed by atoms with Gasteiger partial charge in [0, 0.05) is 31.3 Å². The molecule has 1 aliphatic rings. The van der Waals surface area contributed by atoms with Gasteiger partial charge >= 0.3 is 0 Å². The number of likely N-dealkylation sites (N-methyl/N-ethyl adjacent to an activating group) is 1. The van der Waals surface area contributed by atoms with Gasteiger partial charge in [0.2, 0.25) is 6.79 Å². The number of fused-ring (bicyclic) bond motifs is 1. The van der Waals surface area contributed by atoms with Crippen LogP contribution in [0.1, 0.15) is 26.3 Å². The molecule has 2 N–H and O–H groups in total. The summed E-state index contributed by atoms with van der Waals surface area (Å²) in [6.07, 6.45) is -0.576. The molecule has 0 radical (unpaired) electrons. The predicted octanol–water partition coefficient (Wildman–Crippen LogP) is 1.43. The van der Waals surface area contributed by atoms with E-state index in [4.69, 9.17) is 14.2 Å². The number of carbonyl (C=O) groups is 1. The molecule has 2 rings (SSSR count). The summed E-state index contributed by atoms with van der Waals surface area (Å²) in [6, 6.07) is 4.02. The van der Waals surface area contributed by atoms with Gasteiger partial charge in [0.25, 0.3) is 5.91 Å². The Hall–Kier alpha value is -1.95. The number of ether oxygens (including phenoxy) is 3. The molecule has 1 aliphatic heterocycles. The monoisotopic (exact) mass is 294 g/mol. The number of rotatable bonds is 6. The van der Waals surface area contributed by atoms with Crippen molar-refractivity contribution in [2.75, 3.05) is 13.8 Å². The number of benzene rings is 1. The minimum absolute atomic E-state index is 0.171. The first-order valence-corrected chi connectivity index (χ1v) is 7.05. The molecule has 0 saturated heterocycles. The van der Waals surface area contributed by atoms with E-state index in [9.17, 15) is 4.79 Å². The Morgan fingerprint density at radius 2 is 1.95 bits per heavy atom. The van der Waals surface area contributed by atoms with Crippen LogP contribution in [0, 0.1) is 0 Å². The number of carbonyl (C=O) groups excluding carboxylic acids is 1. The minimum Gasteiger partial charge on any atom is -0.480 e. The van der Waals surface area contributed by atoms with Crippen LogP contribution < -0.4 is 24.8 Å². The topological polar surface area (TPSA) is 68.8 Å². The molecule has 0 saturated carbocycles.